The van der Waals surface area contributed by atoms with Crippen molar-refractivity contribution >= 4 is 26.9 Å². The summed E-state index contributed by atoms with van der Waals surface area (Å²) < 4.78 is 33.8. The predicted octanol–water partition coefficient (Wildman–Crippen LogP) is 1.03. The van der Waals surface area contributed by atoms with E-state index >= 15 is 0 Å². The summed E-state index contributed by atoms with van der Waals surface area (Å²) >= 11 is 0. The van der Waals surface area contributed by atoms with Crippen molar-refractivity contribution in [2.75, 3.05) is 26.2 Å². The van der Waals surface area contributed by atoms with E-state index in [-0.39, 0.29) is 23.9 Å². The Morgan fingerprint density at radius 3 is 2.79 bits per heavy atom. The zero-order valence-electron chi connectivity index (χ0n) is 15.5. The maximum atomic E-state index is 12.8. The van der Waals surface area contributed by atoms with Crippen molar-refractivity contribution in [2.24, 2.45) is 7.05 Å². The number of aryl methyl sites for hydroxylation is 1. The van der Waals surface area contributed by atoms with E-state index in [1.165, 1.54) is 16.8 Å². The number of fused-ring (bicyclic) bond motifs is 1. The van der Waals surface area contributed by atoms with Gasteiger partial charge in [0.15, 0.2) is 10.6 Å². The summed E-state index contributed by atoms with van der Waals surface area (Å²) in [4.78, 5) is 18.4. The summed E-state index contributed by atoms with van der Waals surface area (Å²) in [5.74, 6) is -0.0869. The van der Waals surface area contributed by atoms with Crippen LogP contribution in [0.2, 0.25) is 0 Å². The minimum atomic E-state index is -3.66. The number of rotatable bonds is 4. The summed E-state index contributed by atoms with van der Waals surface area (Å²) in [6.07, 6.45) is 3.64. The average molecular weight is 403 g/mol. The van der Waals surface area contributed by atoms with Gasteiger partial charge in [-0.05, 0) is 18.6 Å². The Hall–Kier alpha value is -2.72. The van der Waals surface area contributed by atoms with Crippen LogP contribution in [0.15, 0.2) is 46.3 Å². The molecule has 3 heterocycles. The van der Waals surface area contributed by atoms with E-state index in [0.29, 0.717) is 37.3 Å². The predicted molar refractivity (Wildman–Crippen MR) is 101 cm³/mol. The lowest BCUT2D eigenvalue weighted by molar-refractivity contribution is -0.130. The summed E-state index contributed by atoms with van der Waals surface area (Å²) in [6, 6.07) is 7.41. The summed E-state index contributed by atoms with van der Waals surface area (Å²) in [7, 11) is -1.93. The van der Waals surface area contributed by atoms with Gasteiger partial charge in [-0.3, -0.25) is 4.79 Å². The fraction of sp³-hybridized carbons (Fsp3) is 0.389. The molecule has 0 spiro atoms. The third-order valence-corrected chi connectivity index (χ3v) is 6.65. The van der Waals surface area contributed by atoms with Crippen LogP contribution in [0.25, 0.3) is 11.0 Å². The van der Waals surface area contributed by atoms with E-state index < -0.39 is 10.0 Å². The second-order valence-corrected chi connectivity index (χ2v) is 8.70. The fourth-order valence-corrected chi connectivity index (χ4v) is 4.79. The van der Waals surface area contributed by atoms with E-state index in [2.05, 4.69) is 10.1 Å². The lowest BCUT2D eigenvalue weighted by Crippen LogP contribution is -2.38. The van der Waals surface area contributed by atoms with Gasteiger partial charge in [-0.25, -0.2) is 13.4 Å². The largest absolute Gasteiger partial charge is 0.356 e. The molecule has 1 aromatic carbocycles. The first-order valence-electron chi connectivity index (χ1n) is 9.04. The molecule has 0 N–H and O–H groups in total. The molecule has 0 atom stereocenters. The third kappa shape index (κ3) is 3.52. The first kappa shape index (κ1) is 18.6. The number of imidazole rings is 1. The van der Waals surface area contributed by atoms with Crippen LogP contribution in [0.3, 0.4) is 0 Å². The van der Waals surface area contributed by atoms with Crippen molar-refractivity contribution in [1.29, 1.82) is 0 Å². The number of benzene rings is 1. The Morgan fingerprint density at radius 2 is 2.00 bits per heavy atom. The van der Waals surface area contributed by atoms with Gasteiger partial charge < -0.3 is 14.0 Å². The SMILES string of the molecule is Cn1cnc(S(=O)(=O)N2CCCN(C(=O)Cc3noc4ccccc34)CC2)c1. The van der Waals surface area contributed by atoms with Crippen molar-refractivity contribution < 1.29 is 17.7 Å². The Balaban J connectivity index is 1.44. The molecule has 10 heteroatoms. The molecule has 0 aliphatic carbocycles. The average Bonchev–Trinajstić information content (AvgIpc) is 3.20. The Kier molecular flexibility index (Phi) is 4.90. The molecule has 0 radical (unpaired) electrons. The normalized spacial score (nSPS) is 16.4. The number of hydrogen-bond acceptors (Lipinski definition) is 6. The highest BCUT2D eigenvalue weighted by atomic mass is 32.2. The molecule has 9 nitrogen and oxygen atoms in total. The van der Waals surface area contributed by atoms with Crippen LogP contribution in [-0.2, 0) is 28.3 Å². The van der Waals surface area contributed by atoms with E-state index in [0.717, 1.165) is 5.39 Å². The van der Waals surface area contributed by atoms with Gasteiger partial charge in [0.05, 0.1) is 12.7 Å². The van der Waals surface area contributed by atoms with Crippen LogP contribution < -0.4 is 0 Å². The molecule has 1 saturated heterocycles. The van der Waals surface area contributed by atoms with Gasteiger partial charge in [-0.1, -0.05) is 17.3 Å². The Morgan fingerprint density at radius 1 is 1.18 bits per heavy atom. The molecule has 0 bridgehead atoms. The van der Waals surface area contributed by atoms with E-state index in [4.69, 9.17) is 4.52 Å². The highest BCUT2D eigenvalue weighted by molar-refractivity contribution is 7.89. The smallest absolute Gasteiger partial charge is 0.262 e. The monoisotopic (exact) mass is 403 g/mol. The second kappa shape index (κ2) is 7.36. The Labute approximate surface area is 162 Å². The second-order valence-electron chi connectivity index (χ2n) is 6.82. The number of para-hydroxylation sites is 1. The topological polar surface area (TPSA) is 102 Å². The quantitative estimate of drug-likeness (QED) is 0.645. The molecule has 1 amide bonds. The minimum absolute atomic E-state index is 0.0313. The van der Waals surface area contributed by atoms with E-state index in [1.54, 1.807) is 16.5 Å². The molecule has 4 rings (SSSR count). The lowest BCUT2D eigenvalue weighted by Gasteiger charge is -2.21. The molecule has 2 aromatic heterocycles. The zero-order chi connectivity index (χ0) is 19.7. The molecule has 28 heavy (non-hydrogen) atoms. The summed E-state index contributed by atoms with van der Waals surface area (Å²) in [5, 5.41) is 4.87. The van der Waals surface area contributed by atoms with Crippen molar-refractivity contribution in [2.45, 2.75) is 17.9 Å². The van der Waals surface area contributed by atoms with Gasteiger partial charge in [0.1, 0.15) is 5.69 Å². The molecule has 1 fully saturated rings. The number of sulfonamides is 1. The summed E-state index contributed by atoms with van der Waals surface area (Å²) in [6.45, 7) is 1.43. The standard InChI is InChI=1S/C18H21N5O4S/c1-21-12-17(19-13-21)28(25,26)23-8-4-7-22(9-10-23)18(24)11-15-14-5-2-3-6-16(14)27-20-15/h2-3,5-6,12-13H,4,7-11H2,1H3. The molecule has 0 saturated carbocycles. The van der Waals surface area contributed by atoms with Gasteiger partial charge in [0.2, 0.25) is 5.91 Å². The van der Waals surface area contributed by atoms with Crippen molar-refractivity contribution in [3.63, 3.8) is 0 Å². The van der Waals surface area contributed by atoms with Crippen LogP contribution in [0, 0.1) is 0 Å². The number of amides is 1. The van der Waals surface area contributed by atoms with Crippen LogP contribution in [-0.4, -0.2) is 64.4 Å². The van der Waals surface area contributed by atoms with Gasteiger partial charge in [0, 0.05) is 44.8 Å². The van der Waals surface area contributed by atoms with Crippen LogP contribution >= 0.6 is 0 Å². The molecule has 0 unspecified atom stereocenters. The van der Waals surface area contributed by atoms with Gasteiger partial charge in [-0.2, -0.15) is 4.31 Å². The first-order chi connectivity index (χ1) is 13.4. The maximum absolute atomic E-state index is 12.8. The number of aromatic nitrogens is 3. The molecule has 1 aliphatic heterocycles. The van der Waals surface area contributed by atoms with E-state index in [9.17, 15) is 13.2 Å². The van der Waals surface area contributed by atoms with Gasteiger partial charge in [0.25, 0.3) is 10.0 Å². The molecule has 1 aliphatic rings. The number of nitrogens with zero attached hydrogens (tertiary/aromatic N) is 5. The molecular weight excluding hydrogens is 382 g/mol. The highest BCUT2D eigenvalue weighted by Crippen LogP contribution is 2.20. The van der Waals surface area contributed by atoms with Crippen LogP contribution in [0.4, 0.5) is 0 Å². The number of hydrogen-bond donors (Lipinski definition) is 0. The molecule has 148 valence electrons. The number of carbonyl (C=O) groups is 1. The van der Waals surface area contributed by atoms with Crippen LogP contribution in [0.5, 0.6) is 0 Å². The van der Waals surface area contributed by atoms with Crippen molar-refractivity contribution in [3.05, 3.63) is 42.5 Å². The Bertz CT molecular complexity index is 1100. The highest BCUT2D eigenvalue weighted by Gasteiger charge is 2.30. The van der Waals surface area contributed by atoms with Gasteiger partial charge in [-0.15, -0.1) is 0 Å². The minimum Gasteiger partial charge on any atom is -0.356 e. The molecule has 3 aromatic rings. The lowest BCUT2D eigenvalue weighted by atomic mass is 10.1. The van der Waals surface area contributed by atoms with Crippen molar-refractivity contribution in [1.82, 2.24) is 23.9 Å². The third-order valence-electron chi connectivity index (χ3n) is 4.86. The maximum Gasteiger partial charge on any atom is 0.262 e. The fourth-order valence-electron chi connectivity index (χ4n) is 3.36. The first-order valence-corrected chi connectivity index (χ1v) is 10.5. The van der Waals surface area contributed by atoms with Gasteiger partial charge >= 0.3 is 0 Å². The summed E-state index contributed by atoms with van der Waals surface area (Å²) in [5.41, 5.74) is 1.25. The van der Waals surface area contributed by atoms with E-state index in [1.807, 2.05) is 24.3 Å². The van der Waals surface area contributed by atoms with Crippen molar-refractivity contribution in [3.8, 4) is 0 Å². The number of carbonyl (C=O) groups excluding carboxylic acids is 1. The van der Waals surface area contributed by atoms with Crippen LogP contribution in [0.1, 0.15) is 12.1 Å². The zero-order valence-corrected chi connectivity index (χ0v) is 16.3. The molecular formula is C18H21N5O4S.